The van der Waals surface area contributed by atoms with Gasteiger partial charge >= 0.3 is 0 Å². The highest BCUT2D eigenvalue weighted by Gasteiger charge is 2.32. The van der Waals surface area contributed by atoms with Crippen LogP contribution in [-0.4, -0.2) is 58.0 Å². The number of rotatable bonds is 4. The second kappa shape index (κ2) is 9.43. The SMILES string of the molecule is Cc1nn(C2CCCCC2)c2sc(C(=O)NC3CCC(N4C[C@@H](C)O[C@@H](C)C4)CC3)cc12. The van der Waals surface area contributed by atoms with Crippen LogP contribution in [0.5, 0.6) is 0 Å². The lowest BCUT2D eigenvalue weighted by Gasteiger charge is -2.42. The van der Waals surface area contributed by atoms with E-state index >= 15 is 0 Å². The van der Waals surface area contributed by atoms with Crippen molar-refractivity contribution in [1.82, 2.24) is 20.0 Å². The molecule has 0 unspecified atom stereocenters. The van der Waals surface area contributed by atoms with Crippen molar-refractivity contribution in [3.05, 3.63) is 16.6 Å². The van der Waals surface area contributed by atoms with Crippen molar-refractivity contribution < 1.29 is 9.53 Å². The Kier molecular flexibility index (Phi) is 6.59. The maximum absolute atomic E-state index is 13.1. The van der Waals surface area contributed by atoms with Crippen molar-refractivity contribution in [1.29, 1.82) is 0 Å². The zero-order valence-electron chi connectivity index (χ0n) is 19.8. The Morgan fingerprint density at radius 3 is 2.41 bits per heavy atom. The van der Waals surface area contributed by atoms with E-state index < -0.39 is 0 Å². The molecular weight excluding hydrogens is 420 g/mol. The first-order chi connectivity index (χ1) is 15.5. The summed E-state index contributed by atoms with van der Waals surface area (Å²) in [6, 6.07) is 3.48. The zero-order chi connectivity index (χ0) is 22.2. The molecule has 2 aromatic heterocycles. The molecule has 3 fully saturated rings. The van der Waals surface area contributed by atoms with Crippen LogP contribution in [-0.2, 0) is 4.74 Å². The molecule has 176 valence electrons. The molecule has 2 aliphatic carbocycles. The summed E-state index contributed by atoms with van der Waals surface area (Å²) >= 11 is 1.63. The van der Waals surface area contributed by atoms with Gasteiger partial charge < -0.3 is 10.1 Å². The number of nitrogens with one attached hydrogen (secondary N) is 1. The van der Waals surface area contributed by atoms with Crippen molar-refractivity contribution in [3.63, 3.8) is 0 Å². The van der Waals surface area contributed by atoms with E-state index in [1.165, 1.54) is 36.9 Å². The van der Waals surface area contributed by atoms with Crippen LogP contribution in [0, 0.1) is 6.92 Å². The minimum Gasteiger partial charge on any atom is -0.373 e. The van der Waals surface area contributed by atoms with E-state index in [4.69, 9.17) is 9.84 Å². The Morgan fingerprint density at radius 2 is 1.72 bits per heavy atom. The highest BCUT2D eigenvalue weighted by atomic mass is 32.1. The normalized spacial score (nSPS) is 30.6. The lowest BCUT2D eigenvalue weighted by molar-refractivity contribution is -0.0845. The molecule has 5 rings (SSSR count). The average molecular weight is 459 g/mol. The Morgan fingerprint density at radius 1 is 1.03 bits per heavy atom. The van der Waals surface area contributed by atoms with Gasteiger partial charge in [-0.1, -0.05) is 19.3 Å². The summed E-state index contributed by atoms with van der Waals surface area (Å²) in [5.41, 5.74) is 1.05. The van der Waals surface area contributed by atoms with Crippen LogP contribution in [0.25, 0.3) is 10.2 Å². The number of amides is 1. The van der Waals surface area contributed by atoms with Crippen molar-refractivity contribution >= 4 is 27.5 Å². The van der Waals surface area contributed by atoms with Gasteiger partial charge in [0, 0.05) is 30.6 Å². The molecule has 1 N–H and O–H groups in total. The summed E-state index contributed by atoms with van der Waals surface area (Å²) in [5, 5.41) is 9.34. The highest BCUT2D eigenvalue weighted by Crippen LogP contribution is 2.35. The van der Waals surface area contributed by atoms with Gasteiger partial charge in [0.2, 0.25) is 0 Å². The first-order valence-corrected chi connectivity index (χ1v) is 13.5. The molecule has 2 saturated carbocycles. The van der Waals surface area contributed by atoms with E-state index in [0.717, 1.165) is 54.7 Å². The molecule has 0 bridgehead atoms. The summed E-state index contributed by atoms with van der Waals surface area (Å²) in [4.78, 5) is 17.7. The molecule has 2 aromatic rings. The van der Waals surface area contributed by atoms with E-state index in [-0.39, 0.29) is 11.9 Å². The molecular formula is C25H38N4O2S. The topological polar surface area (TPSA) is 59.4 Å². The number of carbonyl (C=O) groups is 1. The molecule has 6 nitrogen and oxygen atoms in total. The van der Waals surface area contributed by atoms with Crippen LogP contribution in [0.4, 0.5) is 0 Å². The van der Waals surface area contributed by atoms with Gasteiger partial charge in [-0.05, 0) is 65.4 Å². The lowest BCUT2D eigenvalue weighted by atomic mass is 9.89. The maximum Gasteiger partial charge on any atom is 0.261 e. The molecule has 0 spiro atoms. The first kappa shape index (κ1) is 22.4. The monoisotopic (exact) mass is 458 g/mol. The number of thiophene rings is 1. The molecule has 3 heterocycles. The highest BCUT2D eigenvalue weighted by molar-refractivity contribution is 7.20. The lowest BCUT2D eigenvalue weighted by Crippen LogP contribution is -2.52. The fraction of sp³-hybridized carbons (Fsp3) is 0.760. The van der Waals surface area contributed by atoms with Gasteiger partial charge in [-0.25, -0.2) is 0 Å². The number of morpholine rings is 1. The smallest absolute Gasteiger partial charge is 0.261 e. The maximum atomic E-state index is 13.1. The first-order valence-electron chi connectivity index (χ1n) is 12.7. The van der Waals surface area contributed by atoms with Crippen LogP contribution in [0.1, 0.15) is 93.0 Å². The summed E-state index contributed by atoms with van der Waals surface area (Å²) in [7, 11) is 0. The number of aryl methyl sites for hydroxylation is 1. The van der Waals surface area contributed by atoms with E-state index in [0.29, 0.717) is 24.3 Å². The molecule has 0 radical (unpaired) electrons. The van der Waals surface area contributed by atoms with Crippen LogP contribution >= 0.6 is 11.3 Å². The number of hydrogen-bond donors (Lipinski definition) is 1. The van der Waals surface area contributed by atoms with Gasteiger partial charge in [0.25, 0.3) is 5.91 Å². The Labute approximate surface area is 195 Å². The third kappa shape index (κ3) is 4.62. The van der Waals surface area contributed by atoms with Crippen molar-refractivity contribution in [2.24, 2.45) is 0 Å². The molecule has 32 heavy (non-hydrogen) atoms. The number of ether oxygens (including phenoxy) is 1. The number of fused-ring (bicyclic) bond motifs is 1. The summed E-state index contributed by atoms with van der Waals surface area (Å²) in [6.07, 6.45) is 11.4. The predicted octanol–water partition coefficient (Wildman–Crippen LogP) is 5.06. The molecule has 0 aromatic carbocycles. The number of aromatic nitrogens is 2. The van der Waals surface area contributed by atoms with Gasteiger partial charge in [-0.15, -0.1) is 11.3 Å². The van der Waals surface area contributed by atoms with E-state index in [1.807, 2.05) is 0 Å². The predicted molar refractivity (Wildman–Crippen MR) is 130 cm³/mol. The number of carbonyl (C=O) groups excluding carboxylic acids is 1. The molecule has 1 aliphatic heterocycles. The Hall–Kier alpha value is -1.44. The molecule has 2 atom stereocenters. The Balaban J connectivity index is 1.20. The third-order valence-electron chi connectivity index (χ3n) is 7.71. The van der Waals surface area contributed by atoms with E-state index in [9.17, 15) is 4.79 Å². The summed E-state index contributed by atoms with van der Waals surface area (Å²) < 4.78 is 8.12. The summed E-state index contributed by atoms with van der Waals surface area (Å²) in [5.74, 6) is 0.0952. The average Bonchev–Trinajstić information content (AvgIpc) is 3.35. The van der Waals surface area contributed by atoms with Crippen LogP contribution in [0.3, 0.4) is 0 Å². The fourth-order valence-electron chi connectivity index (χ4n) is 6.11. The van der Waals surface area contributed by atoms with Crippen LogP contribution in [0.15, 0.2) is 6.07 Å². The molecule has 7 heteroatoms. The quantitative estimate of drug-likeness (QED) is 0.696. The van der Waals surface area contributed by atoms with Gasteiger partial charge in [-0.3, -0.25) is 14.4 Å². The van der Waals surface area contributed by atoms with Crippen molar-refractivity contribution in [2.45, 2.75) is 109 Å². The fourth-order valence-corrected chi connectivity index (χ4v) is 7.25. The zero-order valence-corrected chi connectivity index (χ0v) is 20.6. The van der Waals surface area contributed by atoms with E-state index in [2.05, 4.69) is 41.7 Å². The molecule has 1 amide bonds. The van der Waals surface area contributed by atoms with Crippen LogP contribution < -0.4 is 5.32 Å². The van der Waals surface area contributed by atoms with Gasteiger partial charge in [0.1, 0.15) is 4.83 Å². The minimum atomic E-state index is 0.0952. The second-order valence-electron chi connectivity index (χ2n) is 10.3. The van der Waals surface area contributed by atoms with Gasteiger partial charge in [0.15, 0.2) is 0 Å². The van der Waals surface area contributed by atoms with Crippen molar-refractivity contribution in [3.8, 4) is 0 Å². The third-order valence-corrected chi connectivity index (χ3v) is 8.83. The van der Waals surface area contributed by atoms with Gasteiger partial charge in [0.05, 0.1) is 28.8 Å². The van der Waals surface area contributed by atoms with E-state index in [1.54, 1.807) is 11.3 Å². The van der Waals surface area contributed by atoms with Crippen LogP contribution in [0.2, 0.25) is 0 Å². The number of nitrogens with zero attached hydrogens (tertiary/aromatic N) is 3. The summed E-state index contributed by atoms with van der Waals surface area (Å²) in [6.45, 7) is 8.49. The largest absolute Gasteiger partial charge is 0.373 e. The van der Waals surface area contributed by atoms with Gasteiger partial charge in [-0.2, -0.15) is 5.10 Å². The molecule has 3 aliphatic rings. The Bertz CT molecular complexity index is 929. The minimum absolute atomic E-state index is 0.0952. The molecule has 1 saturated heterocycles. The number of hydrogen-bond acceptors (Lipinski definition) is 5. The van der Waals surface area contributed by atoms with Crippen molar-refractivity contribution in [2.75, 3.05) is 13.1 Å². The second-order valence-corrected chi connectivity index (χ2v) is 11.4. The standard InChI is InChI=1S/C25H38N4O2S/c1-16-14-28(15-17(2)31-16)20-11-9-19(10-12-20)26-24(30)23-13-22-18(3)27-29(25(22)32-23)21-7-5-4-6-8-21/h13,16-17,19-21H,4-12,14-15H2,1-3H3,(H,26,30)/t16-,17+,19?,20?.